The highest BCUT2D eigenvalue weighted by atomic mass is 16.2. The van der Waals surface area contributed by atoms with E-state index in [1.165, 1.54) is 0 Å². The number of nitrogens with zero attached hydrogens (tertiary/aromatic N) is 1. The van der Waals surface area contributed by atoms with Crippen LogP contribution in [0.25, 0.3) is 16.7 Å². The fraction of sp³-hybridized carbons (Fsp3) is 0.0476. The minimum atomic E-state index is -0.433. The van der Waals surface area contributed by atoms with Crippen LogP contribution in [0.1, 0.15) is 22.6 Å². The number of carbonyl (C=O) groups is 1. The molecule has 2 aliphatic heterocycles. The summed E-state index contributed by atoms with van der Waals surface area (Å²) >= 11 is 0. The summed E-state index contributed by atoms with van der Waals surface area (Å²) in [4.78, 5) is 20.4. The Hall–Kier alpha value is -3.80. The third-order valence-corrected chi connectivity index (χ3v) is 4.98. The Balaban J connectivity index is 1.68. The fourth-order valence-electron chi connectivity index (χ4n) is 3.78. The molecule has 1 unspecified atom stereocenters. The number of fused-ring (bicyclic) bond motifs is 2. The van der Waals surface area contributed by atoms with Crippen molar-refractivity contribution in [2.45, 2.75) is 5.92 Å². The Bertz CT molecular complexity index is 1170. The number of rotatable bonds is 2. The quantitative estimate of drug-likeness (QED) is 0.567. The molecule has 2 aliphatic rings. The molecule has 5 rings (SSSR count). The van der Waals surface area contributed by atoms with Crippen LogP contribution in [0.5, 0.6) is 0 Å². The first kappa shape index (κ1) is 15.5. The van der Waals surface area contributed by atoms with Crippen molar-refractivity contribution in [2.24, 2.45) is 0 Å². The third-order valence-electron chi connectivity index (χ3n) is 4.98. The zero-order chi connectivity index (χ0) is 18.4. The highest BCUT2D eigenvalue weighted by molar-refractivity contribution is 6.10. The van der Waals surface area contributed by atoms with Crippen LogP contribution >= 0.6 is 0 Å². The van der Waals surface area contributed by atoms with Crippen LogP contribution in [0.2, 0.25) is 0 Å². The van der Waals surface area contributed by atoms with Crippen LogP contribution in [-0.2, 0) is 4.79 Å². The molecule has 1 atom stereocenters. The van der Waals surface area contributed by atoms with Gasteiger partial charge in [-0.25, -0.2) is 4.98 Å². The molecule has 0 spiro atoms. The third kappa shape index (κ3) is 2.34. The van der Waals surface area contributed by atoms with E-state index in [1.54, 1.807) is 12.3 Å². The topological polar surface area (TPSA) is 95.8 Å². The number of nitrogens with two attached hydrogens (primary N) is 1. The summed E-state index contributed by atoms with van der Waals surface area (Å²) in [7, 11) is 0. The van der Waals surface area contributed by atoms with Gasteiger partial charge in [-0.2, -0.15) is 0 Å². The monoisotopic (exact) mass is 355 g/mol. The molecule has 4 heterocycles. The van der Waals surface area contributed by atoms with E-state index in [4.69, 9.17) is 5.73 Å². The number of aromatic nitrogens is 2. The first-order valence-corrected chi connectivity index (χ1v) is 8.69. The Kier molecular flexibility index (Phi) is 3.36. The van der Waals surface area contributed by atoms with Crippen molar-refractivity contribution in [1.29, 1.82) is 0 Å². The van der Waals surface area contributed by atoms with Crippen molar-refractivity contribution in [3.05, 3.63) is 83.9 Å². The van der Waals surface area contributed by atoms with Crippen LogP contribution in [0, 0.1) is 0 Å². The molecule has 6 nitrogen and oxygen atoms in total. The minimum Gasteiger partial charge on any atom is -0.398 e. The lowest BCUT2D eigenvalue weighted by atomic mass is 9.91. The van der Waals surface area contributed by atoms with Gasteiger partial charge in [-0.3, -0.25) is 4.79 Å². The predicted octanol–water partition coefficient (Wildman–Crippen LogP) is 3.24. The number of nitrogen functional groups attached to an aromatic ring is 1. The summed E-state index contributed by atoms with van der Waals surface area (Å²) in [6.45, 7) is 0. The molecule has 0 saturated heterocycles. The van der Waals surface area contributed by atoms with Gasteiger partial charge in [-0.05, 0) is 29.3 Å². The predicted molar refractivity (Wildman–Crippen MR) is 107 cm³/mol. The van der Waals surface area contributed by atoms with Crippen molar-refractivity contribution < 1.29 is 4.79 Å². The minimum absolute atomic E-state index is 0.0677. The lowest BCUT2D eigenvalue weighted by Crippen LogP contribution is -2.13. The van der Waals surface area contributed by atoms with E-state index in [0.717, 1.165) is 33.5 Å². The average Bonchev–Trinajstić information content (AvgIpc) is 3.11. The van der Waals surface area contributed by atoms with Crippen molar-refractivity contribution in [3.8, 4) is 0 Å². The number of anilines is 2. The fourth-order valence-corrected chi connectivity index (χ4v) is 3.78. The zero-order valence-corrected chi connectivity index (χ0v) is 14.4. The van der Waals surface area contributed by atoms with Crippen LogP contribution in [0.3, 0.4) is 0 Å². The molecule has 0 radical (unpaired) electrons. The number of nitrogens with one attached hydrogen (secondary N) is 3. The van der Waals surface area contributed by atoms with Crippen LogP contribution < -0.4 is 16.4 Å². The van der Waals surface area contributed by atoms with Gasteiger partial charge in [0.25, 0.3) is 0 Å². The second-order valence-electron chi connectivity index (χ2n) is 6.53. The highest BCUT2D eigenvalue weighted by Gasteiger charge is 2.35. The molecule has 0 bridgehead atoms. The molecule has 1 aromatic carbocycles. The normalized spacial score (nSPS) is 18.0. The molecule has 0 aliphatic carbocycles. The lowest BCUT2D eigenvalue weighted by molar-refractivity contribution is -0.116. The largest absolute Gasteiger partial charge is 0.398 e. The number of amides is 1. The van der Waals surface area contributed by atoms with E-state index in [9.17, 15) is 4.79 Å². The van der Waals surface area contributed by atoms with E-state index in [2.05, 4.69) is 20.6 Å². The van der Waals surface area contributed by atoms with Crippen LogP contribution in [-0.4, -0.2) is 15.9 Å². The lowest BCUT2D eigenvalue weighted by Gasteiger charge is -2.12. The number of hydrogen-bond acceptors (Lipinski definition) is 4. The van der Waals surface area contributed by atoms with Gasteiger partial charge in [0.05, 0.1) is 11.6 Å². The van der Waals surface area contributed by atoms with Crippen LogP contribution in [0.4, 0.5) is 11.4 Å². The van der Waals surface area contributed by atoms with Crippen molar-refractivity contribution in [1.82, 2.24) is 15.3 Å². The van der Waals surface area contributed by atoms with Crippen molar-refractivity contribution in [3.63, 3.8) is 0 Å². The SMILES string of the molecule is Nc1ccnc2[nH]cc(C3C(=O)Nc4c(C5=CC=CC=CN5)cccc43)c12. The Morgan fingerprint density at radius 3 is 2.93 bits per heavy atom. The molecule has 27 heavy (non-hydrogen) atoms. The molecule has 6 heteroatoms. The van der Waals surface area contributed by atoms with Gasteiger partial charge >= 0.3 is 0 Å². The van der Waals surface area contributed by atoms with E-state index in [0.29, 0.717) is 11.3 Å². The number of para-hydroxylation sites is 1. The average molecular weight is 355 g/mol. The molecule has 1 amide bonds. The van der Waals surface area contributed by atoms with E-state index < -0.39 is 5.92 Å². The van der Waals surface area contributed by atoms with Gasteiger partial charge in [0, 0.05) is 40.9 Å². The second kappa shape index (κ2) is 5.88. The van der Waals surface area contributed by atoms with Gasteiger partial charge < -0.3 is 21.4 Å². The number of H-pyrrole nitrogens is 1. The smallest absolute Gasteiger partial charge is 0.236 e. The number of benzene rings is 1. The number of allylic oxidation sites excluding steroid dienone is 4. The highest BCUT2D eigenvalue weighted by Crippen LogP contribution is 2.43. The Morgan fingerprint density at radius 2 is 2.00 bits per heavy atom. The molecule has 0 fully saturated rings. The first-order chi connectivity index (χ1) is 13.2. The number of carbonyl (C=O) groups excluding carboxylic acids is 1. The van der Waals surface area contributed by atoms with Gasteiger partial charge in [0.15, 0.2) is 0 Å². The maximum atomic E-state index is 12.9. The number of pyridine rings is 1. The molecular formula is C21H17N5O. The van der Waals surface area contributed by atoms with Crippen molar-refractivity contribution >= 4 is 34.0 Å². The summed E-state index contributed by atoms with van der Waals surface area (Å²) in [5.74, 6) is -0.500. The standard InChI is InChI=1S/C21H17N5O/c22-15-8-10-24-20-18(15)14(11-25-20)17-13-6-4-5-12(19(13)26-21(17)27)16-7-2-1-3-9-23-16/h1-11,17,23H,(H,26,27)(H3,22,24,25). The summed E-state index contributed by atoms with van der Waals surface area (Å²) in [6.07, 6.45) is 13.2. The van der Waals surface area contributed by atoms with Crippen molar-refractivity contribution in [2.75, 3.05) is 11.1 Å². The molecular weight excluding hydrogens is 338 g/mol. The van der Waals surface area contributed by atoms with Gasteiger partial charge in [0.2, 0.25) is 5.91 Å². The van der Waals surface area contributed by atoms with E-state index in [1.807, 2.05) is 54.9 Å². The first-order valence-electron chi connectivity index (χ1n) is 8.69. The van der Waals surface area contributed by atoms with Gasteiger partial charge in [-0.1, -0.05) is 30.4 Å². The summed E-state index contributed by atoms with van der Waals surface area (Å²) in [6, 6.07) is 7.70. The van der Waals surface area contributed by atoms with E-state index >= 15 is 0 Å². The maximum absolute atomic E-state index is 12.9. The number of hydrogen-bond donors (Lipinski definition) is 4. The van der Waals surface area contributed by atoms with E-state index in [-0.39, 0.29) is 5.91 Å². The molecule has 132 valence electrons. The molecule has 2 aromatic heterocycles. The zero-order valence-electron chi connectivity index (χ0n) is 14.4. The molecule has 3 aromatic rings. The molecule has 0 saturated carbocycles. The summed E-state index contributed by atoms with van der Waals surface area (Å²) in [5.41, 5.74) is 11.9. The summed E-state index contributed by atoms with van der Waals surface area (Å²) in [5, 5.41) is 7.12. The Labute approximate surface area is 155 Å². The van der Waals surface area contributed by atoms with Gasteiger partial charge in [-0.15, -0.1) is 0 Å². The molecule has 5 N–H and O–H groups in total. The second-order valence-corrected chi connectivity index (χ2v) is 6.53. The Morgan fingerprint density at radius 1 is 1.07 bits per heavy atom. The maximum Gasteiger partial charge on any atom is 0.236 e. The van der Waals surface area contributed by atoms with Crippen LogP contribution in [0.15, 0.2) is 67.2 Å². The summed E-state index contributed by atoms with van der Waals surface area (Å²) < 4.78 is 0. The van der Waals surface area contributed by atoms with Gasteiger partial charge in [0.1, 0.15) is 5.65 Å². The number of aromatic amines is 1.